The number of thiophene rings is 1. The number of nitrogens with two attached hydrogens (primary N) is 2. The minimum atomic E-state index is -1.22. The first kappa shape index (κ1) is 26.6. The molecule has 0 saturated carbocycles. The second kappa shape index (κ2) is 11.6. The molecular weight excluding hydrogens is 506 g/mol. The minimum absolute atomic E-state index is 0.0768. The van der Waals surface area contributed by atoms with Gasteiger partial charge in [0.1, 0.15) is 17.2 Å². The number of anilines is 2. The molecule has 3 rings (SSSR count). The molecule has 0 spiro atoms. The number of hydrogen-bond acceptors (Lipinski definition) is 10. The lowest BCUT2D eigenvalue weighted by molar-refractivity contribution is -0.143. The van der Waals surface area contributed by atoms with Crippen molar-refractivity contribution in [2.45, 2.75) is 19.9 Å². The zero-order valence-electron chi connectivity index (χ0n) is 19.8. The number of esters is 1. The van der Waals surface area contributed by atoms with Crippen LogP contribution in [0, 0.1) is 6.92 Å². The molecule has 36 heavy (non-hydrogen) atoms. The Morgan fingerprint density at radius 1 is 1.22 bits per heavy atom. The van der Waals surface area contributed by atoms with Crippen molar-refractivity contribution in [1.29, 1.82) is 0 Å². The standard InChI is InChI=1S/C23H25N5O6S2/c1-4-34-16(29)11-26-22(31)19(15-6-5-9-35-15)28(13-10-12(2)7-8-14(13)33-3)23(32)20-17(24)18(21(25)30)27-36-20/h5-10,19H,4,11,24H2,1-3H3,(H2,25,30)(H,26,31)/t19-/m1/s1. The van der Waals surface area contributed by atoms with Gasteiger partial charge in [0, 0.05) is 4.88 Å². The smallest absolute Gasteiger partial charge is 0.325 e. The third-order valence-corrected chi connectivity index (χ3v) is 6.78. The molecule has 0 aliphatic rings. The lowest BCUT2D eigenvalue weighted by atomic mass is 10.1. The van der Waals surface area contributed by atoms with Gasteiger partial charge in [0.05, 0.1) is 25.1 Å². The van der Waals surface area contributed by atoms with Gasteiger partial charge in [-0.15, -0.1) is 11.3 Å². The van der Waals surface area contributed by atoms with Crippen molar-refractivity contribution < 1.29 is 28.7 Å². The van der Waals surface area contributed by atoms with Gasteiger partial charge in [-0.25, -0.2) is 0 Å². The Balaban J connectivity index is 2.18. The van der Waals surface area contributed by atoms with Crippen molar-refractivity contribution in [2.24, 2.45) is 5.73 Å². The number of nitrogens with one attached hydrogen (secondary N) is 1. The van der Waals surface area contributed by atoms with E-state index in [2.05, 4.69) is 9.69 Å². The normalized spacial score (nSPS) is 11.4. The number of rotatable bonds is 10. The van der Waals surface area contributed by atoms with E-state index in [0.717, 1.165) is 5.56 Å². The highest BCUT2D eigenvalue weighted by atomic mass is 32.1. The van der Waals surface area contributed by atoms with Crippen LogP contribution in [0.15, 0.2) is 35.7 Å². The molecule has 0 bridgehead atoms. The molecule has 2 heterocycles. The van der Waals surface area contributed by atoms with Gasteiger partial charge in [0.25, 0.3) is 11.8 Å². The summed E-state index contributed by atoms with van der Waals surface area (Å²) in [4.78, 5) is 52.8. The number of amides is 3. The van der Waals surface area contributed by atoms with Crippen LogP contribution in [0.25, 0.3) is 0 Å². The van der Waals surface area contributed by atoms with Crippen LogP contribution in [0.1, 0.15) is 43.6 Å². The van der Waals surface area contributed by atoms with E-state index in [4.69, 9.17) is 20.9 Å². The Bertz CT molecular complexity index is 1270. The summed E-state index contributed by atoms with van der Waals surface area (Å²) < 4.78 is 14.3. The maximum Gasteiger partial charge on any atom is 0.325 e. The molecule has 1 atom stereocenters. The van der Waals surface area contributed by atoms with Crippen molar-refractivity contribution in [1.82, 2.24) is 9.69 Å². The number of ether oxygens (including phenoxy) is 2. The summed E-state index contributed by atoms with van der Waals surface area (Å²) in [5, 5.41) is 4.30. The summed E-state index contributed by atoms with van der Waals surface area (Å²) in [6.45, 7) is 3.23. The molecule has 190 valence electrons. The summed E-state index contributed by atoms with van der Waals surface area (Å²) >= 11 is 1.94. The number of carbonyl (C=O) groups excluding carboxylic acids is 4. The molecule has 0 radical (unpaired) electrons. The van der Waals surface area contributed by atoms with Gasteiger partial charge in [0.15, 0.2) is 11.7 Å². The fraction of sp³-hybridized carbons (Fsp3) is 0.261. The van der Waals surface area contributed by atoms with Gasteiger partial charge in [0.2, 0.25) is 5.91 Å². The third-order valence-electron chi connectivity index (χ3n) is 5.00. The number of nitrogen functional groups attached to an aromatic ring is 1. The number of benzene rings is 1. The molecule has 0 aliphatic heterocycles. The zero-order valence-corrected chi connectivity index (χ0v) is 21.4. The number of carbonyl (C=O) groups is 4. The van der Waals surface area contributed by atoms with E-state index in [9.17, 15) is 19.2 Å². The van der Waals surface area contributed by atoms with Crippen LogP contribution in [0.4, 0.5) is 11.4 Å². The first-order valence-electron chi connectivity index (χ1n) is 10.7. The van der Waals surface area contributed by atoms with Crippen LogP contribution < -0.4 is 26.4 Å². The second-order valence-corrected chi connectivity index (χ2v) is 9.18. The third kappa shape index (κ3) is 5.63. The Labute approximate surface area is 215 Å². The molecule has 11 nitrogen and oxygen atoms in total. The fourth-order valence-electron chi connectivity index (χ4n) is 3.38. The fourth-order valence-corrected chi connectivity index (χ4v) is 4.94. The van der Waals surface area contributed by atoms with E-state index in [0.29, 0.717) is 22.2 Å². The van der Waals surface area contributed by atoms with Crippen molar-refractivity contribution in [2.75, 3.05) is 30.9 Å². The summed E-state index contributed by atoms with van der Waals surface area (Å²) in [5.74, 6) is -2.54. The zero-order chi connectivity index (χ0) is 26.4. The first-order valence-corrected chi connectivity index (χ1v) is 12.3. The molecule has 3 amide bonds. The molecule has 0 unspecified atom stereocenters. The molecule has 13 heteroatoms. The largest absolute Gasteiger partial charge is 0.495 e. The lowest BCUT2D eigenvalue weighted by Crippen LogP contribution is -2.45. The maximum atomic E-state index is 14.0. The van der Waals surface area contributed by atoms with Crippen molar-refractivity contribution in [3.8, 4) is 5.75 Å². The van der Waals surface area contributed by atoms with Crippen molar-refractivity contribution in [3.63, 3.8) is 0 Å². The summed E-state index contributed by atoms with van der Waals surface area (Å²) in [6.07, 6.45) is 0. The van der Waals surface area contributed by atoms with Crippen LogP contribution in [0.5, 0.6) is 5.75 Å². The topological polar surface area (TPSA) is 167 Å². The molecule has 5 N–H and O–H groups in total. The van der Waals surface area contributed by atoms with Crippen molar-refractivity contribution >= 4 is 57.9 Å². The number of methoxy groups -OCH3 is 1. The number of hydrogen-bond donors (Lipinski definition) is 3. The predicted octanol–water partition coefficient (Wildman–Crippen LogP) is 2.27. The predicted molar refractivity (Wildman–Crippen MR) is 136 cm³/mol. The van der Waals surface area contributed by atoms with Gasteiger partial charge in [-0.3, -0.25) is 24.1 Å². The Hall–Kier alpha value is -3.97. The van der Waals surface area contributed by atoms with Gasteiger partial charge in [-0.2, -0.15) is 4.37 Å². The number of nitrogens with zero attached hydrogens (tertiary/aromatic N) is 2. The molecule has 1 aromatic carbocycles. The van der Waals surface area contributed by atoms with E-state index in [1.165, 1.54) is 23.3 Å². The lowest BCUT2D eigenvalue weighted by Gasteiger charge is -2.31. The quantitative estimate of drug-likeness (QED) is 0.335. The van der Waals surface area contributed by atoms with Crippen molar-refractivity contribution in [3.05, 3.63) is 56.7 Å². The Morgan fingerprint density at radius 3 is 2.56 bits per heavy atom. The molecule has 0 aliphatic carbocycles. The van der Waals surface area contributed by atoms with Gasteiger partial charge >= 0.3 is 5.97 Å². The van der Waals surface area contributed by atoms with Gasteiger partial charge in [-0.05, 0) is 54.5 Å². The van der Waals surface area contributed by atoms with Crippen LogP contribution in [0.3, 0.4) is 0 Å². The highest BCUT2D eigenvalue weighted by molar-refractivity contribution is 7.10. The summed E-state index contributed by atoms with van der Waals surface area (Å²) in [6, 6.07) is 7.33. The number of aromatic nitrogens is 1. The highest BCUT2D eigenvalue weighted by Gasteiger charge is 2.38. The molecule has 0 fully saturated rings. The van der Waals surface area contributed by atoms with Crippen LogP contribution in [-0.2, 0) is 14.3 Å². The van der Waals surface area contributed by atoms with Gasteiger partial charge < -0.3 is 26.3 Å². The summed E-state index contributed by atoms with van der Waals surface area (Å²) in [5.41, 5.74) is 12.0. The molecule has 3 aromatic rings. The molecule has 0 saturated heterocycles. The van der Waals surface area contributed by atoms with Crippen LogP contribution in [0.2, 0.25) is 0 Å². The number of aryl methyl sites for hydroxylation is 1. The van der Waals surface area contributed by atoms with E-state index in [-0.39, 0.29) is 28.6 Å². The highest BCUT2D eigenvalue weighted by Crippen LogP contribution is 2.39. The summed E-state index contributed by atoms with van der Waals surface area (Å²) in [7, 11) is 1.43. The average molecular weight is 532 g/mol. The first-order chi connectivity index (χ1) is 17.2. The van der Waals surface area contributed by atoms with Crippen LogP contribution >= 0.6 is 22.9 Å². The van der Waals surface area contributed by atoms with E-state index >= 15 is 0 Å². The van der Waals surface area contributed by atoms with Gasteiger partial charge in [-0.1, -0.05) is 12.1 Å². The van der Waals surface area contributed by atoms with Crippen LogP contribution in [-0.4, -0.2) is 48.3 Å². The molecular formula is C23H25N5O6S2. The maximum absolute atomic E-state index is 14.0. The van der Waals surface area contributed by atoms with E-state index < -0.39 is 36.3 Å². The average Bonchev–Trinajstić information content (AvgIpc) is 3.50. The monoisotopic (exact) mass is 531 g/mol. The Morgan fingerprint density at radius 2 is 1.97 bits per heavy atom. The number of primary amides is 1. The molecule has 2 aromatic heterocycles. The van der Waals surface area contributed by atoms with E-state index in [1.54, 1.807) is 42.6 Å². The Kier molecular flexibility index (Phi) is 8.61. The van der Waals surface area contributed by atoms with E-state index in [1.807, 2.05) is 6.92 Å². The minimum Gasteiger partial charge on any atom is -0.495 e. The SMILES string of the molecule is CCOC(=O)CNC(=O)[C@@H](c1cccs1)N(C(=O)c1snc(C(N)=O)c1N)c1cc(C)ccc1OC. The second-order valence-electron chi connectivity index (χ2n) is 7.43.